The molecule has 2 heterocycles. The van der Waals surface area contributed by atoms with E-state index >= 15 is 0 Å². The molecule has 1 aromatic heterocycles. The van der Waals surface area contributed by atoms with Crippen molar-refractivity contribution in [1.82, 2.24) is 15.0 Å². The molecule has 8 heteroatoms. The molecular formula is C16H16F3N3O2. The van der Waals surface area contributed by atoms with E-state index in [9.17, 15) is 18.0 Å². The van der Waals surface area contributed by atoms with Gasteiger partial charge in [0, 0.05) is 24.2 Å². The number of piperidine rings is 1. The molecule has 0 spiro atoms. The van der Waals surface area contributed by atoms with Crippen LogP contribution in [0.1, 0.15) is 29.0 Å². The number of halogens is 3. The summed E-state index contributed by atoms with van der Waals surface area (Å²) in [4.78, 5) is 17.8. The molecule has 3 rings (SSSR count). The zero-order chi connectivity index (χ0) is 17.3. The summed E-state index contributed by atoms with van der Waals surface area (Å²) in [6.07, 6.45) is -3.84. The van der Waals surface area contributed by atoms with Gasteiger partial charge in [0.25, 0.3) is 11.8 Å². The van der Waals surface area contributed by atoms with Crippen LogP contribution in [0.15, 0.2) is 28.8 Å². The Morgan fingerprint density at radius 1 is 1.29 bits per heavy atom. The fourth-order valence-corrected chi connectivity index (χ4v) is 2.78. The number of benzene rings is 1. The molecule has 1 amide bonds. The average Bonchev–Trinajstić information content (AvgIpc) is 3.00. The van der Waals surface area contributed by atoms with E-state index in [0.717, 1.165) is 0 Å². The third-order valence-corrected chi connectivity index (χ3v) is 4.08. The standard InChI is InChI=1S/C16H16F3N3O2/c1-10-20-14(24-21-10)11-4-6-12(7-5-11)15(23)22-8-2-3-13(9-22)16(17,18)19/h4-7,13H,2-3,8-9H2,1H3/t13-/m1/s1. The van der Waals surface area contributed by atoms with E-state index in [2.05, 4.69) is 10.1 Å². The Morgan fingerprint density at radius 3 is 2.58 bits per heavy atom. The number of alkyl halides is 3. The van der Waals surface area contributed by atoms with E-state index in [0.29, 0.717) is 35.8 Å². The monoisotopic (exact) mass is 339 g/mol. The number of hydrogen-bond acceptors (Lipinski definition) is 4. The highest BCUT2D eigenvalue weighted by molar-refractivity contribution is 5.94. The summed E-state index contributed by atoms with van der Waals surface area (Å²) in [7, 11) is 0. The Bertz CT molecular complexity index is 725. The van der Waals surface area contributed by atoms with Crippen molar-refractivity contribution in [1.29, 1.82) is 0 Å². The predicted octanol–water partition coefficient (Wildman–Crippen LogP) is 3.46. The molecule has 0 unspecified atom stereocenters. The quantitative estimate of drug-likeness (QED) is 0.841. The van der Waals surface area contributed by atoms with Crippen LogP contribution in [0.5, 0.6) is 0 Å². The molecule has 128 valence electrons. The van der Waals surface area contributed by atoms with Gasteiger partial charge < -0.3 is 9.42 Å². The first-order valence-corrected chi connectivity index (χ1v) is 7.61. The van der Waals surface area contributed by atoms with Crippen LogP contribution in [-0.2, 0) is 0 Å². The average molecular weight is 339 g/mol. The van der Waals surface area contributed by atoms with Crippen LogP contribution in [0.2, 0.25) is 0 Å². The van der Waals surface area contributed by atoms with Crippen molar-refractivity contribution in [3.8, 4) is 11.5 Å². The number of aromatic nitrogens is 2. The van der Waals surface area contributed by atoms with Gasteiger partial charge in [-0.15, -0.1) is 0 Å². The zero-order valence-corrected chi connectivity index (χ0v) is 13.0. The first-order valence-electron chi connectivity index (χ1n) is 7.61. The van der Waals surface area contributed by atoms with E-state index in [1.165, 1.54) is 4.90 Å². The normalized spacial score (nSPS) is 18.7. The van der Waals surface area contributed by atoms with Gasteiger partial charge in [-0.3, -0.25) is 4.79 Å². The Morgan fingerprint density at radius 2 is 2.00 bits per heavy atom. The van der Waals surface area contributed by atoms with Crippen molar-refractivity contribution < 1.29 is 22.5 Å². The number of nitrogens with zero attached hydrogens (tertiary/aromatic N) is 3. The van der Waals surface area contributed by atoms with Crippen LogP contribution in [-0.4, -0.2) is 40.2 Å². The van der Waals surface area contributed by atoms with Gasteiger partial charge >= 0.3 is 6.18 Å². The number of carbonyl (C=O) groups is 1. The second kappa shape index (κ2) is 6.26. The highest BCUT2D eigenvalue weighted by Gasteiger charge is 2.42. The first-order chi connectivity index (χ1) is 11.3. The predicted molar refractivity (Wildman–Crippen MR) is 79.2 cm³/mol. The lowest BCUT2D eigenvalue weighted by atomic mass is 9.97. The fraction of sp³-hybridized carbons (Fsp3) is 0.438. The number of hydrogen-bond donors (Lipinski definition) is 0. The molecule has 2 aromatic rings. The SMILES string of the molecule is Cc1noc(-c2ccc(C(=O)N3CCC[C@@H](C(F)(F)F)C3)cc2)n1. The maximum absolute atomic E-state index is 12.9. The van der Waals surface area contributed by atoms with E-state index in [1.54, 1.807) is 31.2 Å². The van der Waals surface area contributed by atoms with E-state index < -0.39 is 18.0 Å². The molecule has 0 bridgehead atoms. The number of aryl methyl sites for hydroxylation is 1. The van der Waals surface area contributed by atoms with Gasteiger partial charge in [0.05, 0.1) is 5.92 Å². The van der Waals surface area contributed by atoms with Crippen LogP contribution in [0, 0.1) is 12.8 Å². The number of likely N-dealkylation sites (tertiary alicyclic amines) is 1. The van der Waals surface area contributed by atoms with Crippen LogP contribution >= 0.6 is 0 Å². The molecule has 24 heavy (non-hydrogen) atoms. The first kappa shape index (κ1) is 16.5. The van der Waals surface area contributed by atoms with Crippen molar-refractivity contribution in [2.45, 2.75) is 25.9 Å². The maximum atomic E-state index is 12.9. The van der Waals surface area contributed by atoms with Crippen molar-refractivity contribution in [2.24, 2.45) is 5.92 Å². The minimum atomic E-state index is -4.27. The van der Waals surface area contributed by atoms with Gasteiger partial charge in [0.15, 0.2) is 5.82 Å². The highest BCUT2D eigenvalue weighted by atomic mass is 19.4. The lowest BCUT2D eigenvalue weighted by Gasteiger charge is -2.33. The van der Waals surface area contributed by atoms with Gasteiger partial charge in [-0.2, -0.15) is 18.2 Å². The van der Waals surface area contributed by atoms with Crippen molar-refractivity contribution >= 4 is 5.91 Å². The Kier molecular flexibility index (Phi) is 4.29. The minimum absolute atomic E-state index is 0.0722. The molecule has 0 N–H and O–H groups in total. The van der Waals surface area contributed by atoms with Gasteiger partial charge in [-0.25, -0.2) is 0 Å². The topological polar surface area (TPSA) is 59.2 Å². The highest BCUT2D eigenvalue weighted by Crippen LogP contribution is 2.33. The molecule has 0 radical (unpaired) electrons. The van der Waals surface area contributed by atoms with Crippen molar-refractivity contribution in [2.75, 3.05) is 13.1 Å². The maximum Gasteiger partial charge on any atom is 0.393 e. The summed E-state index contributed by atoms with van der Waals surface area (Å²) in [6.45, 7) is 1.75. The summed E-state index contributed by atoms with van der Waals surface area (Å²) < 4.78 is 43.6. The molecule has 1 saturated heterocycles. The zero-order valence-electron chi connectivity index (χ0n) is 13.0. The second-order valence-electron chi connectivity index (χ2n) is 5.86. The molecule has 1 atom stereocenters. The third kappa shape index (κ3) is 3.42. The van der Waals surface area contributed by atoms with E-state index in [1.807, 2.05) is 0 Å². The number of carbonyl (C=O) groups excluding carboxylic acids is 1. The van der Waals surface area contributed by atoms with E-state index in [-0.39, 0.29) is 13.0 Å². The van der Waals surface area contributed by atoms with Crippen LogP contribution in [0.4, 0.5) is 13.2 Å². The van der Waals surface area contributed by atoms with Crippen molar-refractivity contribution in [3.05, 3.63) is 35.7 Å². The smallest absolute Gasteiger partial charge is 0.338 e. The Hall–Kier alpha value is -2.38. The minimum Gasteiger partial charge on any atom is -0.338 e. The Balaban J connectivity index is 1.73. The Labute approximate surface area is 136 Å². The largest absolute Gasteiger partial charge is 0.393 e. The second-order valence-corrected chi connectivity index (χ2v) is 5.86. The summed E-state index contributed by atoms with van der Waals surface area (Å²) in [5, 5.41) is 3.69. The summed E-state index contributed by atoms with van der Waals surface area (Å²) in [5.74, 6) is -1.01. The fourth-order valence-electron chi connectivity index (χ4n) is 2.78. The summed E-state index contributed by atoms with van der Waals surface area (Å²) in [6, 6.07) is 6.42. The summed E-state index contributed by atoms with van der Waals surface area (Å²) in [5.41, 5.74) is 0.997. The molecule has 1 fully saturated rings. The molecule has 1 aromatic carbocycles. The molecule has 1 aliphatic rings. The summed E-state index contributed by atoms with van der Waals surface area (Å²) >= 11 is 0. The van der Waals surface area contributed by atoms with Crippen molar-refractivity contribution in [3.63, 3.8) is 0 Å². The van der Waals surface area contributed by atoms with Gasteiger partial charge in [-0.1, -0.05) is 5.16 Å². The van der Waals surface area contributed by atoms with Gasteiger partial charge in [0.2, 0.25) is 0 Å². The van der Waals surface area contributed by atoms with Crippen LogP contribution in [0.25, 0.3) is 11.5 Å². The lowest BCUT2D eigenvalue weighted by molar-refractivity contribution is -0.184. The molecular weight excluding hydrogens is 323 g/mol. The van der Waals surface area contributed by atoms with Crippen LogP contribution in [0.3, 0.4) is 0 Å². The lowest BCUT2D eigenvalue weighted by Crippen LogP contribution is -2.44. The molecule has 1 aliphatic heterocycles. The molecule has 0 saturated carbocycles. The molecule has 5 nitrogen and oxygen atoms in total. The van der Waals surface area contributed by atoms with Crippen LogP contribution < -0.4 is 0 Å². The van der Waals surface area contributed by atoms with Gasteiger partial charge in [0.1, 0.15) is 0 Å². The van der Waals surface area contributed by atoms with Gasteiger partial charge in [-0.05, 0) is 44.0 Å². The number of rotatable bonds is 2. The third-order valence-electron chi connectivity index (χ3n) is 4.08. The number of amides is 1. The van der Waals surface area contributed by atoms with E-state index in [4.69, 9.17) is 4.52 Å². The molecule has 0 aliphatic carbocycles.